The minimum absolute atomic E-state index is 0.0225. The van der Waals surface area contributed by atoms with Gasteiger partial charge in [0.1, 0.15) is 11.1 Å². The van der Waals surface area contributed by atoms with Crippen molar-refractivity contribution >= 4 is 89.1 Å². The molecule has 2 amide bonds. The van der Waals surface area contributed by atoms with Gasteiger partial charge in [-0.3, -0.25) is 60.7 Å². The van der Waals surface area contributed by atoms with Crippen molar-refractivity contribution in [3.8, 4) is 0 Å². The number of nitrogens with one attached hydrogen (secondary N) is 2. The van der Waals surface area contributed by atoms with Crippen LogP contribution in [0.3, 0.4) is 0 Å². The number of aromatic nitrogens is 4. The number of non-ortho nitro benzene ring substituents is 2. The number of benzene rings is 2. The van der Waals surface area contributed by atoms with Crippen molar-refractivity contribution in [2.45, 2.75) is 8.68 Å². The fourth-order valence-electron chi connectivity index (χ4n) is 2.94. The van der Waals surface area contributed by atoms with Crippen LogP contribution in [0.5, 0.6) is 0 Å². The van der Waals surface area contributed by atoms with Crippen LogP contribution in [0.4, 0.5) is 33.0 Å². The number of nitro groups is 4. The van der Waals surface area contributed by atoms with E-state index >= 15 is 0 Å². The summed E-state index contributed by atoms with van der Waals surface area (Å²) in [5, 5.41) is 64.2. The van der Waals surface area contributed by atoms with E-state index in [0.29, 0.717) is 20.8 Å². The number of amides is 2. The standard InChI is InChI=1S/C18H8N10O10S4/c29-13(9-3-1-7(25(31)32)5-11(9)27(35)36)19-15-21-23-17(39-15)41-42-18-24-22-16(40-18)20-14(30)10-4-2-8(26(33)34)6-12(10)28(37)38/h1-6H,(H,19,21,29)(H,20,22,30). The molecule has 2 aromatic carbocycles. The summed E-state index contributed by atoms with van der Waals surface area (Å²) in [4.78, 5) is 65.9. The molecule has 0 radical (unpaired) electrons. The predicted octanol–water partition coefficient (Wildman–Crippen LogP) is 4.33. The number of nitro benzene ring substituents is 4. The first kappa shape index (κ1) is 29.8. The number of hydrogen-bond acceptors (Lipinski definition) is 18. The van der Waals surface area contributed by atoms with Crippen LogP contribution in [0.2, 0.25) is 0 Å². The molecule has 2 N–H and O–H groups in total. The van der Waals surface area contributed by atoms with Crippen LogP contribution in [0, 0.1) is 40.5 Å². The molecule has 4 rings (SSSR count). The highest BCUT2D eigenvalue weighted by Crippen LogP contribution is 2.41. The lowest BCUT2D eigenvalue weighted by Crippen LogP contribution is -2.14. The SMILES string of the molecule is O=C(Nc1nnc(SSc2nnc(NC(=O)c3ccc([N+](=O)[O-])cc3[N+](=O)[O-])s2)s1)c1ccc([N+](=O)[O-])cc1[N+](=O)[O-]. The van der Waals surface area contributed by atoms with Crippen LogP contribution in [-0.2, 0) is 0 Å². The van der Waals surface area contributed by atoms with Crippen LogP contribution in [0.25, 0.3) is 0 Å². The lowest BCUT2D eigenvalue weighted by atomic mass is 10.1. The van der Waals surface area contributed by atoms with Crippen LogP contribution < -0.4 is 10.6 Å². The summed E-state index contributed by atoms with van der Waals surface area (Å²) in [7, 11) is 2.08. The molecule has 0 bridgehead atoms. The Morgan fingerprint density at radius 2 is 1.00 bits per heavy atom. The molecule has 24 heteroatoms. The third-order valence-corrected chi connectivity index (χ3v) is 9.33. The Bertz CT molecular complexity index is 1650. The van der Waals surface area contributed by atoms with Gasteiger partial charge < -0.3 is 0 Å². The van der Waals surface area contributed by atoms with Gasteiger partial charge in [-0.15, -0.1) is 20.4 Å². The van der Waals surface area contributed by atoms with Gasteiger partial charge in [0.25, 0.3) is 34.6 Å². The van der Waals surface area contributed by atoms with E-state index in [9.17, 15) is 50.0 Å². The van der Waals surface area contributed by atoms with E-state index in [-0.39, 0.29) is 10.3 Å². The second-order valence-electron chi connectivity index (χ2n) is 7.25. The lowest BCUT2D eigenvalue weighted by Gasteiger charge is -2.02. The highest BCUT2D eigenvalue weighted by molar-refractivity contribution is 8.77. The molecule has 2 aromatic heterocycles. The van der Waals surface area contributed by atoms with Crippen molar-refractivity contribution in [1.82, 2.24) is 20.4 Å². The van der Waals surface area contributed by atoms with Crippen LogP contribution in [0.15, 0.2) is 45.1 Å². The highest BCUT2D eigenvalue weighted by atomic mass is 33.1. The average molecular weight is 653 g/mol. The molecule has 4 aromatic rings. The molecular weight excluding hydrogens is 645 g/mol. The summed E-state index contributed by atoms with van der Waals surface area (Å²) in [6.07, 6.45) is 0. The number of carbonyl (C=O) groups is 2. The first-order chi connectivity index (χ1) is 19.9. The van der Waals surface area contributed by atoms with Crippen molar-refractivity contribution in [3.05, 3.63) is 88.0 Å². The average Bonchev–Trinajstić information content (AvgIpc) is 3.59. The normalized spacial score (nSPS) is 10.6. The second-order valence-corrected chi connectivity index (χ2v) is 11.8. The number of hydrogen-bond donors (Lipinski definition) is 2. The molecule has 20 nitrogen and oxygen atoms in total. The fourth-order valence-corrected chi connectivity index (χ4v) is 6.78. The van der Waals surface area contributed by atoms with Crippen molar-refractivity contribution in [1.29, 1.82) is 0 Å². The zero-order valence-electron chi connectivity index (χ0n) is 19.8. The second kappa shape index (κ2) is 12.5. The Balaban J connectivity index is 1.37. The van der Waals surface area contributed by atoms with E-state index in [4.69, 9.17) is 0 Å². The maximum Gasteiger partial charge on any atom is 0.289 e. The molecule has 0 spiro atoms. The highest BCUT2D eigenvalue weighted by Gasteiger charge is 2.26. The van der Waals surface area contributed by atoms with E-state index < -0.39 is 65.4 Å². The molecule has 0 aliphatic heterocycles. The Morgan fingerprint density at radius 3 is 1.33 bits per heavy atom. The third kappa shape index (κ3) is 6.92. The number of nitrogens with zero attached hydrogens (tertiary/aromatic N) is 8. The zero-order valence-corrected chi connectivity index (χ0v) is 23.0. The number of rotatable bonds is 11. The van der Waals surface area contributed by atoms with Gasteiger partial charge in [0.15, 0.2) is 8.68 Å². The van der Waals surface area contributed by atoms with Gasteiger partial charge in [-0.1, -0.05) is 22.7 Å². The largest absolute Gasteiger partial charge is 0.296 e. The van der Waals surface area contributed by atoms with Gasteiger partial charge in [0.05, 0.1) is 31.8 Å². The summed E-state index contributed by atoms with van der Waals surface area (Å²) in [6.45, 7) is 0. The summed E-state index contributed by atoms with van der Waals surface area (Å²) < 4.78 is 0.631. The summed E-state index contributed by atoms with van der Waals surface area (Å²) >= 11 is 1.81. The first-order valence-electron chi connectivity index (χ1n) is 10.4. The van der Waals surface area contributed by atoms with E-state index in [1.54, 1.807) is 0 Å². The Kier molecular flexibility index (Phi) is 8.89. The molecule has 42 heavy (non-hydrogen) atoms. The minimum Gasteiger partial charge on any atom is -0.296 e. The lowest BCUT2D eigenvalue weighted by molar-refractivity contribution is -0.394. The van der Waals surface area contributed by atoms with Crippen LogP contribution >= 0.6 is 44.3 Å². The predicted molar refractivity (Wildman–Crippen MR) is 147 cm³/mol. The zero-order chi connectivity index (χ0) is 30.6. The van der Waals surface area contributed by atoms with Crippen molar-refractivity contribution < 1.29 is 29.3 Å². The van der Waals surface area contributed by atoms with Crippen molar-refractivity contribution in [2.24, 2.45) is 0 Å². The monoisotopic (exact) mass is 652 g/mol. The Labute approximate surface area is 245 Å². The maximum absolute atomic E-state index is 12.5. The molecule has 0 fully saturated rings. The Morgan fingerprint density at radius 1 is 0.619 bits per heavy atom. The van der Waals surface area contributed by atoms with Crippen LogP contribution in [0.1, 0.15) is 20.7 Å². The molecule has 0 saturated carbocycles. The summed E-state index contributed by atoms with van der Waals surface area (Å²) in [6, 6.07) is 5.13. The van der Waals surface area contributed by atoms with Gasteiger partial charge in [0, 0.05) is 12.1 Å². The molecule has 0 unspecified atom stereocenters. The molecule has 0 saturated heterocycles. The van der Waals surface area contributed by atoms with Gasteiger partial charge in [-0.05, 0) is 33.7 Å². The molecule has 0 atom stereocenters. The van der Waals surface area contributed by atoms with Gasteiger partial charge in [-0.25, -0.2) is 0 Å². The first-order valence-corrected chi connectivity index (χ1v) is 14.2. The topological polar surface area (TPSA) is 282 Å². The smallest absolute Gasteiger partial charge is 0.289 e. The van der Waals surface area contributed by atoms with Crippen LogP contribution in [-0.4, -0.2) is 51.9 Å². The molecule has 0 aliphatic carbocycles. The molecule has 0 aliphatic rings. The quantitative estimate of drug-likeness (QED) is 0.0986. The van der Waals surface area contributed by atoms with E-state index in [0.717, 1.165) is 68.5 Å². The maximum atomic E-state index is 12.5. The van der Waals surface area contributed by atoms with Gasteiger partial charge >= 0.3 is 0 Å². The number of anilines is 2. The summed E-state index contributed by atoms with van der Waals surface area (Å²) in [5.41, 5.74) is -3.50. The third-order valence-electron chi connectivity index (χ3n) is 4.71. The van der Waals surface area contributed by atoms with Gasteiger partial charge in [0.2, 0.25) is 10.3 Å². The number of carbonyl (C=O) groups excluding carboxylic acids is 2. The van der Waals surface area contributed by atoms with E-state index in [2.05, 4.69) is 31.0 Å². The summed E-state index contributed by atoms with van der Waals surface area (Å²) in [5.74, 6) is -1.87. The van der Waals surface area contributed by atoms with E-state index in [1.807, 2.05) is 0 Å². The van der Waals surface area contributed by atoms with Gasteiger partial charge in [-0.2, -0.15) is 0 Å². The molecular formula is C18H8N10O10S4. The Hall–Kier alpha value is -5.20. The fraction of sp³-hybridized carbons (Fsp3) is 0. The minimum atomic E-state index is -0.935. The molecule has 214 valence electrons. The molecule has 2 heterocycles. The van der Waals surface area contributed by atoms with Crippen molar-refractivity contribution in [2.75, 3.05) is 10.6 Å². The van der Waals surface area contributed by atoms with Crippen molar-refractivity contribution in [3.63, 3.8) is 0 Å². The van der Waals surface area contributed by atoms with E-state index in [1.165, 1.54) is 0 Å².